The molecule has 2 atom stereocenters. The van der Waals surface area contributed by atoms with Gasteiger partial charge in [-0.25, -0.2) is 5.84 Å². The first-order valence-electron chi connectivity index (χ1n) is 4.36. The molecule has 13 heavy (non-hydrogen) atoms. The van der Waals surface area contributed by atoms with Crippen molar-refractivity contribution >= 4 is 0 Å². The molecule has 76 valence electrons. The summed E-state index contributed by atoms with van der Waals surface area (Å²) in [6, 6.07) is 0. The second-order valence-electron chi connectivity index (χ2n) is 3.32. The van der Waals surface area contributed by atoms with E-state index in [1.54, 1.807) is 13.1 Å². The van der Waals surface area contributed by atoms with Crippen LogP contribution in [0.4, 0.5) is 0 Å². The Morgan fingerprint density at radius 3 is 2.92 bits per heavy atom. The van der Waals surface area contributed by atoms with Gasteiger partial charge in [0.25, 0.3) is 0 Å². The van der Waals surface area contributed by atoms with Gasteiger partial charge in [-0.3, -0.25) is 5.01 Å². The van der Waals surface area contributed by atoms with E-state index < -0.39 is 0 Å². The van der Waals surface area contributed by atoms with Gasteiger partial charge in [0.15, 0.2) is 0 Å². The zero-order valence-corrected chi connectivity index (χ0v) is 7.81. The number of nitrogens with two attached hydrogens (primary N) is 2. The molecule has 1 saturated heterocycles. The highest BCUT2D eigenvalue weighted by Crippen LogP contribution is 2.15. The first kappa shape index (κ1) is 10.3. The molecule has 1 fully saturated rings. The first-order chi connectivity index (χ1) is 6.09. The van der Waals surface area contributed by atoms with Crippen molar-refractivity contribution in [1.82, 2.24) is 5.01 Å². The van der Waals surface area contributed by atoms with Crippen LogP contribution in [0.1, 0.15) is 19.8 Å². The quantitative estimate of drug-likeness (QED) is 0.400. The molecular formula is C8H17N3O2. The van der Waals surface area contributed by atoms with Crippen LogP contribution < -0.4 is 11.6 Å². The number of hydrazine groups is 1. The summed E-state index contributed by atoms with van der Waals surface area (Å²) in [4.78, 5) is 0. The van der Waals surface area contributed by atoms with Crippen molar-refractivity contribution in [2.75, 3.05) is 6.61 Å². The summed E-state index contributed by atoms with van der Waals surface area (Å²) in [5.41, 5.74) is 6.07. The molecule has 1 heterocycles. The molecular weight excluding hydrogens is 170 g/mol. The number of ether oxygens (including phenoxy) is 1. The lowest BCUT2D eigenvalue weighted by Gasteiger charge is -2.32. The summed E-state index contributed by atoms with van der Waals surface area (Å²) >= 11 is 0. The SMILES string of the molecule is C/C(N)=C/N(N)C1CC(O)CCO1. The van der Waals surface area contributed by atoms with Gasteiger partial charge >= 0.3 is 0 Å². The van der Waals surface area contributed by atoms with Crippen molar-refractivity contribution in [3.05, 3.63) is 11.9 Å². The minimum atomic E-state index is -0.323. The van der Waals surface area contributed by atoms with Crippen molar-refractivity contribution in [2.45, 2.75) is 32.1 Å². The molecule has 0 radical (unpaired) electrons. The van der Waals surface area contributed by atoms with Crippen LogP contribution in [-0.2, 0) is 4.74 Å². The Labute approximate surface area is 77.9 Å². The topological polar surface area (TPSA) is 84.7 Å². The van der Waals surface area contributed by atoms with Crippen LogP contribution >= 0.6 is 0 Å². The van der Waals surface area contributed by atoms with E-state index in [1.807, 2.05) is 0 Å². The lowest BCUT2D eigenvalue weighted by Crippen LogP contribution is -2.44. The molecule has 0 aromatic heterocycles. The second-order valence-corrected chi connectivity index (χ2v) is 3.32. The maximum atomic E-state index is 9.35. The zero-order chi connectivity index (χ0) is 9.84. The van der Waals surface area contributed by atoms with Gasteiger partial charge in [-0.05, 0) is 13.3 Å². The molecule has 0 saturated carbocycles. The van der Waals surface area contributed by atoms with Crippen molar-refractivity contribution in [1.29, 1.82) is 0 Å². The molecule has 0 aromatic carbocycles. The Hall–Kier alpha value is -0.780. The van der Waals surface area contributed by atoms with E-state index in [0.29, 0.717) is 25.1 Å². The lowest BCUT2D eigenvalue weighted by molar-refractivity contribution is -0.105. The third-order valence-corrected chi connectivity index (χ3v) is 1.92. The highest BCUT2D eigenvalue weighted by atomic mass is 16.5. The molecule has 1 aliphatic rings. The van der Waals surface area contributed by atoms with Gasteiger partial charge in [0.2, 0.25) is 0 Å². The monoisotopic (exact) mass is 187 g/mol. The van der Waals surface area contributed by atoms with Crippen LogP contribution in [0.5, 0.6) is 0 Å². The smallest absolute Gasteiger partial charge is 0.145 e. The lowest BCUT2D eigenvalue weighted by atomic mass is 10.1. The van der Waals surface area contributed by atoms with Gasteiger partial charge in [0.05, 0.1) is 12.7 Å². The molecule has 5 N–H and O–H groups in total. The van der Waals surface area contributed by atoms with E-state index in [1.165, 1.54) is 5.01 Å². The maximum Gasteiger partial charge on any atom is 0.145 e. The minimum absolute atomic E-state index is 0.262. The Morgan fingerprint density at radius 1 is 1.69 bits per heavy atom. The van der Waals surface area contributed by atoms with E-state index in [4.69, 9.17) is 16.3 Å². The van der Waals surface area contributed by atoms with Gasteiger partial charge in [-0.2, -0.15) is 0 Å². The van der Waals surface area contributed by atoms with Crippen LogP contribution in [-0.4, -0.2) is 29.1 Å². The molecule has 2 unspecified atom stereocenters. The highest BCUT2D eigenvalue weighted by molar-refractivity contribution is 4.91. The number of hydrogen-bond acceptors (Lipinski definition) is 5. The number of hydrogen-bond donors (Lipinski definition) is 3. The molecule has 1 aliphatic heterocycles. The van der Waals surface area contributed by atoms with Crippen molar-refractivity contribution in [3.63, 3.8) is 0 Å². The summed E-state index contributed by atoms with van der Waals surface area (Å²) in [6.07, 6.45) is 2.22. The third-order valence-electron chi connectivity index (χ3n) is 1.92. The summed E-state index contributed by atoms with van der Waals surface area (Å²) in [7, 11) is 0. The predicted molar refractivity (Wildman–Crippen MR) is 49.0 cm³/mol. The molecule has 1 rings (SSSR count). The van der Waals surface area contributed by atoms with Crippen LogP contribution in [0.25, 0.3) is 0 Å². The minimum Gasteiger partial charge on any atom is -0.401 e. The summed E-state index contributed by atoms with van der Waals surface area (Å²) < 4.78 is 5.35. The predicted octanol–water partition coefficient (Wildman–Crippen LogP) is -0.520. The molecule has 0 bridgehead atoms. The van der Waals surface area contributed by atoms with E-state index >= 15 is 0 Å². The second kappa shape index (κ2) is 4.45. The van der Waals surface area contributed by atoms with Crippen LogP contribution in [0.3, 0.4) is 0 Å². The van der Waals surface area contributed by atoms with Gasteiger partial charge in [-0.1, -0.05) is 0 Å². The molecule has 5 nitrogen and oxygen atoms in total. The number of rotatable bonds is 2. The van der Waals surface area contributed by atoms with Gasteiger partial charge in [0, 0.05) is 18.3 Å². The fourth-order valence-corrected chi connectivity index (χ4v) is 1.28. The summed E-state index contributed by atoms with van der Waals surface area (Å²) in [5.74, 6) is 5.65. The maximum absolute atomic E-state index is 9.35. The van der Waals surface area contributed by atoms with Gasteiger partial charge in [0.1, 0.15) is 6.23 Å². The number of nitrogens with zero attached hydrogens (tertiary/aromatic N) is 1. The molecule has 5 heteroatoms. The molecule has 0 amide bonds. The molecule has 0 spiro atoms. The average molecular weight is 187 g/mol. The number of aliphatic hydroxyl groups is 1. The molecule has 0 aromatic rings. The average Bonchev–Trinajstić information content (AvgIpc) is 2.03. The fraction of sp³-hybridized carbons (Fsp3) is 0.750. The van der Waals surface area contributed by atoms with Crippen molar-refractivity contribution in [3.8, 4) is 0 Å². The standard InChI is InChI=1S/C8H17N3O2/c1-6(9)5-11(10)8-4-7(12)2-3-13-8/h5,7-8,12H,2-4,9-10H2,1H3/b6-5-. The van der Waals surface area contributed by atoms with E-state index in [0.717, 1.165) is 0 Å². The first-order valence-corrected chi connectivity index (χ1v) is 4.36. The number of allylic oxidation sites excluding steroid dienone is 1. The van der Waals surface area contributed by atoms with E-state index in [-0.39, 0.29) is 12.3 Å². The highest BCUT2D eigenvalue weighted by Gasteiger charge is 2.23. The van der Waals surface area contributed by atoms with E-state index in [2.05, 4.69) is 0 Å². The third kappa shape index (κ3) is 3.22. The van der Waals surface area contributed by atoms with Gasteiger partial charge in [-0.15, -0.1) is 0 Å². The number of aliphatic hydroxyl groups excluding tert-OH is 1. The van der Waals surface area contributed by atoms with E-state index in [9.17, 15) is 5.11 Å². The van der Waals surface area contributed by atoms with Crippen molar-refractivity contribution in [2.24, 2.45) is 11.6 Å². The molecule has 0 aliphatic carbocycles. The normalized spacial score (nSPS) is 30.2. The largest absolute Gasteiger partial charge is 0.401 e. The Balaban J connectivity index is 2.46. The summed E-state index contributed by atoms with van der Waals surface area (Å²) in [6.45, 7) is 2.29. The summed E-state index contributed by atoms with van der Waals surface area (Å²) in [5, 5.41) is 10.7. The zero-order valence-electron chi connectivity index (χ0n) is 7.81. The van der Waals surface area contributed by atoms with Crippen LogP contribution in [0.15, 0.2) is 11.9 Å². The van der Waals surface area contributed by atoms with Crippen LogP contribution in [0.2, 0.25) is 0 Å². The van der Waals surface area contributed by atoms with Crippen molar-refractivity contribution < 1.29 is 9.84 Å². The van der Waals surface area contributed by atoms with Gasteiger partial charge < -0.3 is 15.6 Å². The van der Waals surface area contributed by atoms with Crippen LogP contribution in [0, 0.1) is 0 Å². The Bertz CT molecular complexity index is 192. The fourth-order valence-electron chi connectivity index (χ4n) is 1.28. The Kier molecular flexibility index (Phi) is 3.53. The Morgan fingerprint density at radius 2 is 2.38 bits per heavy atom.